The minimum Gasteiger partial charge on any atom is -0.396 e. The normalized spacial score (nSPS) is 10.2. The highest BCUT2D eigenvalue weighted by Gasteiger charge is 1.99. The van der Waals surface area contributed by atoms with Crippen LogP contribution in [-0.4, -0.2) is 10.1 Å². The minimum atomic E-state index is 0.0551. The highest BCUT2D eigenvalue weighted by atomic mass is 16.3. The molecule has 2 aromatic rings. The number of rotatable bonds is 4. The predicted molar refractivity (Wildman–Crippen MR) is 68.3 cm³/mol. The maximum atomic E-state index is 9.04. The van der Waals surface area contributed by atoms with E-state index in [-0.39, 0.29) is 6.61 Å². The van der Waals surface area contributed by atoms with E-state index < -0.39 is 0 Å². The van der Waals surface area contributed by atoms with E-state index >= 15 is 0 Å². The summed E-state index contributed by atoms with van der Waals surface area (Å²) in [5, 5.41) is 12.2. The molecule has 0 aliphatic carbocycles. The number of hydrogen-bond acceptors (Lipinski definition) is 4. The zero-order valence-corrected chi connectivity index (χ0v) is 9.43. The molecule has 0 bridgehead atoms. The van der Waals surface area contributed by atoms with E-state index in [1.165, 1.54) is 0 Å². The van der Waals surface area contributed by atoms with Crippen LogP contribution in [-0.2, 0) is 13.2 Å². The molecule has 0 atom stereocenters. The Kier molecular flexibility index (Phi) is 3.57. The van der Waals surface area contributed by atoms with Crippen molar-refractivity contribution in [2.75, 3.05) is 11.1 Å². The molecule has 17 heavy (non-hydrogen) atoms. The summed E-state index contributed by atoms with van der Waals surface area (Å²) in [6.45, 7) is 0.689. The SMILES string of the molecule is Nc1cccnc1NCc1cccc(CO)c1. The Labute approximate surface area is 100 Å². The standard InChI is InChI=1S/C13H15N3O/c14-12-5-2-6-15-13(12)16-8-10-3-1-4-11(7-10)9-17/h1-7,17H,8-9,14H2,(H,15,16). The average molecular weight is 229 g/mol. The second-order valence-corrected chi connectivity index (χ2v) is 3.77. The summed E-state index contributed by atoms with van der Waals surface area (Å²) in [7, 11) is 0. The molecule has 4 N–H and O–H groups in total. The third-order valence-corrected chi connectivity index (χ3v) is 2.47. The lowest BCUT2D eigenvalue weighted by atomic mass is 10.1. The van der Waals surface area contributed by atoms with Crippen molar-refractivity contribution < 1.29 is 5.11 Å². The third-order valence-electron chi connectivity index (χ3n) is 2.47. The van der Waals surface area contributed by atoms with Gasteiger partial charge in [0.2, 0.25) is 0 Å². The first-order chi connectivity index (χ1) is 8.29. The summed E-state index contributed by atoms with van der Waals surface area (Å²) in [5.41, 5.74) is 8.39. The lowest BCUT2D eigenvalue weighted by Gasteiger charge is -2.08. The Hall–Kier alpha value is -2.07. The number of pyridine rings is 1. The van der Waals surface area contributed by atoms with Crippen LogP contribution in [0.4, 0.5) is 11.5 Å². The fourth-order valence-corrected chi connectivity index (χ4v) is 1.59. The van der Waals surface area contributed by atoms with Crippen LogP contribution in [0.3, 0.4) is 0 Å². The van der Waals surface area contributed by atoms with Crippen LogP contribution in [0.25, 0.3) is 0 Å². The van der Waals surface area contributed by atoms with Gasteiger partial charge in [-0.3, -0.25) is 0 Å². The largest absolute Gasteiger partial charge is 0.396 e. The van der Waals surface area contributed by atoms with Crippen molar-refractivity contribution >= 4 is 11.5 Å². The van der Waals surface area contributed by atoms with E-state index in [2.05, 4.69) is 10.3 Å². The molecule has 0 aliphatic heterocycles. The van der Waals surface area contributed by atoms with Crippen LogP contribution in [0.2, 0.25) is 0 Å². The Bertz CT molecular complexity index is 500. The van der Waals surface area contributed by atoms with Gasteiger partial charge in [-0.05, 0) is 23.3 Å². The van der Waals surface area contributed by atoms with E-state index in [4.69, 9.17) is 10.8 Å². The van der Waals surface area contributed by atoms with Crippen LogP contribution in [0.1, 0.15) is 11.1 Å². The minimum absolute atomic E-state index is 0.0551. The zero-order valence-electron chi connectivity index (χ0n) is 9.43. The van der Waals surface area contributed by atoms with Gasteiger partial charge in [-0.25, -0.2) is 4.98 Å². The molecule has 0 saturated carbocycles. The van der Waals surface area contributed by atoms with E-state index in [1.807, 2.05) is 24.3 Å². The summed E-state index contributed by atoms with van der Waals surface area (Å²) in [4.78, 5) is 4.15. The maximum Gasteiger partial charge on any atom is 0.149 e. The predicted octanol–water partition coefficient (Wildman–Crippen LogP) is 1.77. The van der Waals surface area contributed by atoms with E-state index in [1.54, 1.807) is 18.3 Å². The van der Waals surface area contributed by atoms with Crippen LogP contribution in [0.15, 0.2) is 42.6 Å². The quantitative estimate of drug-likeness (QED) is 0.747. The fourth-order valence-electron chi connectivity index (χ4n) is 1.59. The highest BCUT2D eigenvalue weighted by Crippen LogP contribution is 2.14. The molecule has 0 fully saturated rings. The number of anilines is 2. The first-order valence-electron chi connectivity index (χ1n) is 5.42. The van der Waals surface area contributed by atoms with Gasteiger partial charge < -0.3 is 16.2 Å². The van der Waals surface area contributed by atoms with Gasteiger partial charge in [-0.2, -0.15) is 0 Å². The fraction of sp³-hybridized carbons (Fsp3) is 0.154. The number of nitrogens with one attached hydrogen (secondary N) is 1. The number of aromatic nitrogens is 1. The topological polar surface area (TPSA) is 71.2 Å². The molecule has 0 unspecified atom stereocenters. The van der Waals surface area contributed by atoms with Crippen molar-refractivity contribution in [3.8, 4) is 0 Å². The first kappa shape index (κ1) is 11.4. The van der Waals surface area contributed by atoms with Gasteiger partial charge >= 0.3 is 0 Å². The monoisotopic (exact) mass is 229 g/mol. The number of nitrogens with two attached hydrogens (primary N) is 1. The summed E-state index contributed by atoms with van der Waals surface area (Å²) in [6.07, 6.45) is 1.70. The second-order valence-electron chi connectivity index (χ2n) is 3.77. The number of nitrogens with zero attached hydrogens (tertiary/aromatic N) is 1. The lowest BCUT2D eigenvalue weighted by Crippen LogP contribution is -2.04. The van der Waals surface area contributed by atoms with Gasteiger partial charge in [0.1, 0.15) is 5.82 Å². The van der Waals surface area contributed by atoms with Gasteiger partial charge in [-0.1, -0.05) is 24.3 Å². The van der Waals surface area contributed by atoms with Gasteiger partial charge in [0.15, 0.2) is 0 Å². The van der Waals surface area contributed by atoms with Crippen molar-refractivity contribution in [3.05, 3.63) is 53.7 Å². The van der Waals surface area contributed by atoms with Crippen molar-refractivity contribution in [2.24, 2.45) is 0 Å². The second kappa shape index (κ2) is 5.32. The van der Waals surface area contributed by atoms with Crippen LogP contribution in [0, 0.1) is 0 Å². The molecule has 0 spiro atoms. The molecule has 4 heteroatoms. The summed E-state index contributed by atoms with van der Waals surface area (Å²) in [6, 6.07) is 11.4. The van der Waals surface area contributed by atoms with Crippen molar-refractivity contribution in [2.45, 2.75) is 13.2 Å². The molecule has 1 aromatic heterocycles. The Morgan fingerprint density at radius 2 is 2.00 bits per heavy atom. The van der Waals surface area contributed by atoms with Crippen LogP contribution in [0.5, 0.6) is 0 Å². The number of hydrogen-bond donors (Lipinski definition) is 3. The lowest BCUT2D eigenvalue weighted by molar-refractivity contribution is 0.281. The summed E-state index contributed by atoms with van der Waals surface area (Å²) >= 11 is 0. The molecule has 0 radical (unpaired) electrons. The van der Waals surface area contributed by atoms with E-state index in [0.29, 0.717) is 18.1 Å². The molecule has 0 amide bonds. The Balaban J connectivity index is 2.05. The van der Waals surface area contributed by atoms with Crippen molar-refractivity contribution in [1.29, 1.82) is 0 Å². The summed E-state index contributed by atoms with van der Waals surface area (Å²) in [5.74, 6) is 0.682. The number of nitrogen functional groups attached to an aromatic ring is 1. The first-order valence-corrected chi connectivity index (χ1v) is 5.42. The molecule has 88 valence electrons. The van der Waals surface area contributed by atoms with E-state index in [9.17, 15) is 0 Å². The molecular formula is C13H15N3O. The molecule has 1 aromatic carbocycles. The molecule has 4 nitrogen and oxygen atoms in total. The molecule has 0 saturated heterocycles. The Morgan fingerprint density at radius 3 is 2.76 bits per heavy atom. The average Bonchev–Trinajstić information content (AvgIpc) is 2.38. The van der Waals surface area contributed by atoms with Gasteiger partial charge in [0.25, 0.3) is 0 Å². The van der Waals surface area contributed by atoms with Crippen molar-refractivity contribution in [1.82, 2.24) is 4.98 Å². The number of aliphatic hydroxyl groups excluding tert-OH is 1. The van der Waals surface area contributed by atoms with Gasteiger partial charge in [0.05, 0.1) is 12.3 Å². The zero-order chi connectivity index (χ0) is 12.1. The van der Waals surface area contributed by atoms with Crippen molar-refractivity contribution in [3.63, 3.8) is 0 Å². The maximum absolute atomic E-state index is 9.04. The molecular weight excluding hydrogens is 214 g/mol. The van der Waals surface area contributed by atoms with Crippen LogP contribution >= 0.6 is 0 Å². The number of aliphatic hydroxyl groups is 1. The van der Waals surface area contributed by atoms with Gasteiger partial charge in [-0.15, -0.1) is 0 Å². The number of benzene rings is 1. The van der Waals surface area contributed by atoms with Gasteiger partial charge in [0, 0.05) is 12.7 Å². The summed E-state index contributed by atoms with van der Waals surface area (Å²) < 4.78 is 0. The van der Waals surface area contributed by atoms with E-state index in [0.717, 1.165) is 11.1 Å². The molecule has 1 heterocycles. The highest BCUT2D eigenvalue weighted by molar-refractivity contribution is 5.60. The third kappa shape index (κ3) is 2.95. The Morgan fingerprint density at radius 1 is 1.18 bits per heavy atom. The molecule has 0 aliphatic rings. The molecule has 2 rings (SSSR count). The van der Waals surface area contributed by atoms with Crippen LogP contribution < -0.4 is 11.1 Å². The smallest absolute Gasteiger partial charge is 0.149 e.